The van der Waals surface area contributed by atoms with E-state index in [-0.39, 0.29) is 5.78 Å². The van der Waals surface area contributed by atoms with E-state index in [0.717, 1.165) is 17.7 Å². The number of hydrogen-bond donors (Lipinski definition) is 0. The van der Waals surface area contributed by atoms with Gasteiger partial charge in [0.15, 0.2) is 5.78 Å². The first kappa shape index (κ1) is 13.3. The van der Waals surface area contributed by atoms with Crippen LogP contribution in [0.3, 0.4) is 0 Å². The van der Waals surface area contributed by atoms with Crippen LogP contribution in [0.25, 0.3) is 0 Å². The normalized spacial score (nSPS) is 10.2. The second-order valence-corrected chi connectivity index (χ2v) is 4.50. The number of carbonyl (C=O) groups is 1. The van der Waals surface area contributed by atoms with Gasteiger partial charge in [0.25, 0.3) is 0 Å². The SMILES string of the molecule is CCC(=O)c1ccc(Cc2ccc(OC)cc2)cc1. The second-order valence-electron chi connectivity index (χ2n) is 4.50. The van der Waals surface area contributed by atoms with Crippen LogP contribution in [0, 0.1) is 0 Å². The van der Waals surface area contributed by atoms with Gasteiger partial charge in [0.2, 0.25) is 0 Å². The minimum atomic E-state index is 0.191. The summed E-state index contributed by atoms with van der Waals surface area (Å²) < 4.78 is 5.14. The predicted octanol–water partition coefficient (Wildman–Crippen LogP) is 3.88. The molecule has 2 aromatic rings. The molecule has 0 saturated carbocycles. The van der Waals surface area contributed by atoms with Gasteiger partial charge >= 0.3 is 0 Å². The Morgan fingerprint density at radius 1 is 0.947 bits per heavy atom. The summed E-state index contributed by atoms with van der Waals surface area (Å²) in [6.07, 6.45) is 1.42. The van der Waals surface area contributed by atoms with E-state index in [1.165, 1.54) is 11.1 Å². The Balaban J connectivity index is 2.08. The third-order valence-corrected chi connectivity index (χ3v) is 3.16. The molecule has 0 amide bonds. The fraction of sp³-hybridized carbons (Fsp3) is 0.235. The molecule has 0 aliphatic carbocycles. The fourth-order valence-electron chi connectivity index (χ4n) is 1.99. The zero-order valence-corrected chi connectivity index (χ0v) is 11.3. The molecule has 2 nitrogen and oxygen atoms in total. The second kappa shape index (κ2) is 6.19. The van der Waals surface area contributed by atoms with E-state index >= 15 is 0 Å². The summed E-state index contributed by atoms with van der Waals surface area (Å²) >= 11 is 0. The molecule has 2 rings (SSSR count). The number of rotatable bonds is 5. The molecule has 0 unspecified atom stereocenters. The Morgan fingerprint density at radius 2 is 1.47 bits per heavy atom. The minimum Gasteiger partial charge on any atom is -0.497 e. The summed E-state index contributed by atoms with van der Waals surface area (Å²) in [5, 5.41) is 0. The number of hydrogen-bond acceptors (Lipinski definition) is 2. The predicted molar refractivity (Wildman–Crippen MR) is 76.9 cm³/mol. The van der Waals surface area contributed by atoms with Crippen LogP contribution in [0.4, 0.5) is 0 Å². The van der Waals surface area contributed by atoms with Crippen LogP contribution in [-0.4, -0.2) is 12.9 Å². The molecule has 0 heterocycles. The lowest BCUT2D eigenvalue weighted by molar-refractivity contribution is 0.0988. The van der Waals surface area contributed by atoms with E-state index < -0.39 is 0 Å². The van der Waals surface area contributed by atoms with Crippen molar-refractivity contribution in [1.29, 1.82) is 0 Å². The van der Waals surface area contributed by atoms with Gasteiger partial charge in [0.1, 0.15) is 5.75 Å². The van der Waals surface area contributed by atoms with Gasteiger partial charge in [0.05, 0.1) is 7.11 Å². The highest BCUT2D eigenvalue weighted by atomic mass is 16.5. The van der Waals surface area contributed by atoms with Gasteiger partial charge in [-0.05, 0) is 29.7 Å². The first-order valence-corrected chi connectivity index (χ1v) is 6.48. The molecular weight excluding hydrogens is 236 g/mol. The Hall–Kier alpha value is -2.09. The zero-order chi connectivity index (χ0) is 13.7. The third-order valence-electron chi connectivity index (χ3n) is 3.16. The van der Waals surface area contributed by atoms with Crippen molar-refractivity contribution in [2.24, 2.45) is 0 Å². The van der Waals surface area contributed by atoms with E-state index in [9.17, 15) is 4.79 Å². The first-order chi connectivity index (χ1) is 9.22. The molecule has 19 heavy (non-hydrogen) atoms. The molecule has 2 aromatic carbocycles. The number of ketones is 1. The monoisotopic (exact) mass is 254 g/mol. The van der Waals surface area contributed by atoms with Crippen LogP contribution in [0.1, 0.15) is 34.8 Å². The lowest BCUT2D eigenvalue weighted by Gasteiger charge is -2.05. The molecule has 0 spiro atoms. The number of carbonyl (C=O) groups excluding carboxylic acids is 1. The third kappa shape index (κ3) is 3.44. The van der Waals surface area contributed by atoms with Crippen LogP contribution >= 0.6 is 0 Å². The van der Waals surface area contributed by atoms with Crippen molar-refractivity contribution in [3.63, 3.8) is 0 Å². The minimum absolute atomic E-state index is 0.191. The topological polar surface area (TPSA) is 26.3 Å². The fourth-order valence-corrected chi connectivity index (χ4v) is 1.99. The molecule has 0 radical (unpaired) electrons. The molecule has 0 N–H and O–H groups in total. The number of benzene rings is 2. The zero-order valence-electron chi connectivity index (χ0n) is 11.3. The first-order valence-electron chi connectivity index (χ1n) is 6.48. The van der Waals surface area contributed by atoms with Crippen molar-refractivity contribution in [2.75, 3.05) is 7.11 Å². The van der Waals surface area contributed by atoms with Crippen molar-refractivity contribution in [1.82, 2.24) is 0 Å². The summed E-state index contributed by atoms with van der Waals surface area (Å²) in [7, 11) is 1.67. The number of ether oxygens (including phenoxy) is 1. The van der Waals surface area contributed by atoms with E-state index in [0.29, 0.717) is 6.42 Å². The maximum atomic E-state index is 11.5. The quantitative estimate of drug-likeness (QED) is 0.757. The van der Waals surface area contributed by atoms with Gasteiger partial charge in [-0.15, -0.1) is 0 Å². The maximum Gasteiger partial charge on any atom is 0.162 e. The highest BCUT2D eigenvalue weighted by molar-refractivity contribution is 5.95. The molecular formula is C17H18O2. The van der Waals surface area contributed by atoms with Crippen LogP contribution in [0.2, 0.25) is 0 Å². The van der Waals surface area contributed by atoms with E-state index in [1.54, 1.807) is 7.11 Å². The van der Waals surface area contributed by atoms with E-state index in [1.807, 2.05) is 43.3 Å². The van der Waals surface area contributed by atoms with Crippen molar-refractivity contribution in [3.05, 3.63) is 65.2 Å². The standard InChI is InChI=1S/C17H18O2/c1-3-17(18)15-8-4-13(5-9-15)12-14-6-10-16(19-2)11-7-14/h4-11H,3,12H2,1-2H3. The van der Waals surface area contributed by atoms with Crippen LogP contribution in [0.15, 0.2) is 48.5 Å². The Morgan fingerprint density at radius 3 is 1.95 bits per heavy atom. The van der Waals surface area contributed by atoms with Gasteiger partial charge < -0.3 is 4.74 Å². The van der Waals surface area contributed by atoms with Crippen molar-refractivity contribution >= 4 is 5.78 Å². The lowest BCUT2D eigenvalue weighted by Crippen LogP contribution is -1.96. The van der Waals surface area contributed by atoms with Gasteiger partial charge in [-0.25, -0.2) is 0 Å². The molecule has 0 atom stereocenters. The summed E-state index contributed by atoms with van der Waals surface area (Å²) in [4.78, 5) is 11.5. The van der Waals surface area contributed by atoms with Crippen LogP contribution < -0.4 is 4.74 Å². The summed E-state index contributed by atoms with van der Waals surface area (Å²) in [5.74, 6) is 1.06. The van der Waals surface area contributed by atoms with E-state index in [4.69, 9.17) is 4.74 Å². The molecule has 98 valence electrons. The van der Waals surface area contributed by atoms with Gasteiger partial charge in [-0.3, -0.25) is 4.79 Å². The molecule has 0 saturated heterocycles. The Labute approximate surface area is 114 Å². The molecule has 0 bridgehead atoms. The summed E-state index contributed by atoms with van der Waals surface area (Å²) in [6, 6.07) is 15.9. The van der Waals surface area contributed by atoms with Crippen molar-refractivity contribution in [2.45, 2.75) is 19.8 Å². The highest BCUT2D eigenvalue weighted by Crippen LogP contribution is 2.15. The molecule has 0 aliphatic rings. The summed E-state index contributed by atoms with van der Waals surface area (Å²) in [6.45, 7) is 1.88. The van der Waals surface area contributed by atoms with Crippen LogP contribution in [-0.2, 0) is 6.42 Å². The Kier molecular flexibility index (Phi) is 4.35. The highest BCUT2D eigenvalue weighted by Gasteiger charge is 2.03. The molecule has 0 fully saturated rings. The lowest BCUT2D eigenvalue weighted by atomic mass is 10.0. The van der Waals surface area contributed by atoms with Gasteiger partial charge in [-0.1, -0.05) is 43.3 Å². The smallest absolute Gasteiger partial charge is 0.162 e. The Bertz CT molecular complexity index is 538. The van der Waals surface area contributed by atoms with E-state index in [2.05, 4.69) is 12.1 Å². The largest absolute Gasteiger partial charge is 0.497 e. The molecule has 0 aromatic heterocycles. The average Bonchev–Trinajstić information content (AvgIpc) is 2.48. The van der Waals surface area contributed by atoms with Gasteiger partial charge in [0, 0.05) is 12.0 Å². The number of Topliss-reactive ketones (excluding diaryl/α,β-unsaturated/α-hetero) is 1. The summed E-state index contributed by atoms with van der Waals surface area (Å²) in [5.41, 5.74) is 3.23. The van der Waals surface area contributed by atoms with Crippen molar-refractivity contribution < 1.29 is 9.53 Å². The maximum absolute atomic E-state index is 11.5. The van der Waals surface area contributed by atoms with Crippen molar-refractivity contribution in [3.8, 4) is 5.75 Å². The van der Waals surface area contributed by atoms with Crippen LogP contribution in [0.5, 0.6) is 5.75 Å². The van der Waals surface area contributed by atoms with Gasteiger partial charge in [-0.2, -0.15) is 0 Å². The molecule has 0 aliphatic heterocycles. The molecule has 2 heteroatoms. The number of methoxy groups -OCH3 is 1. The average molecular weight is 254 g/mol.